The predicted molar refractivity (Wildman–Crippen MR) is 172 cm³/mol. The van der Waals surface area contributed by atoms with Crippen LogP contribution in [0.2, 0.25) is 0 Å². The second-order valence-electron chi connectivity index (χ2n) is 13.5. The summed E-state index contributed by atoms with van der Waals surface area (Å²) < 4.78 is 15.5. The molecule has 2 unspecified atom stereocenters. The summed E-state index contributed by atoms with van der Waals surface area (Å²) in [5, 5.41) is 45.6. The van der Waals surface area contributed by atoms with Crippen LogP contribution in [0, 0.1) is 17.7 Å². The van der Waals surface area contributed by atoms with Gasteiger partial charge < -0.3 is 20.4 Å². The quantitative estimate of drug-likeness (QED) is 0.183. The summed E-state index contributed by atoms with van der Waals surface area (Å²) in [6, 6.07) is 10.4. The van der Waals surface area contributed by atoms with Gasteiger partial charge in [0.25, 0.3) is 23.6 Å². The lowest BCUT2D eigenvalue weighted by molar-refractivity contribution is 0.0448. The van der Waals surface area contributed by atoms with Crippen LogP contribution < -0.4 is 5.01 Å². The van der Waals surface area contributed by atoms with Gasteiger partial charge >= 0.3 is 0 Å². The van der Waals surface area contributed by atoms with Gasteiger partial charge in [0, 0.05) is 27.9 Å². The molecule has 1 saturated carbocycles. The van der Waals surface area contributed by atoms with Crippen LogP contribution in [0.1, 0.15) is 74.5 Å². The minimum Gasteiger partial charge on any atom is -0.494 e. The molecule has 246 valence electrons. The molecule has 0 bridgehead atoms. The van der Waals surface area contributed by atoms with Gasteiger partial charge in [-0.15, -0.1) is 0 Å². The van der Waals surface area contributed by atoms with Crippen LogP contribution in [-0.4, -0.2) is 64.2 Å². The van der Waals surface area contributed by atoms with E-state index in [9.17, 15) is 44.0 Å². The highest BCUT2D eigenvalue weighted by atomic mass is 19.1. The Labute approximate surface area is 276 Å². The van der Waals surface area contributed by atoms with Gasteiger partial charge in [-0.3, -0.25) is 28.6 Å². The van der Waals surface area contributed by atoms with Crippen molar-refractivity contribution >= 4 is 34.4 Å². The fraction of sp³-hybridized carbons (Fsp3) is 0.222. The van der Waals surface area contributed by atoms with Crippen LogP contribution in [0.3, 0.4) is 0 Å². The highest BCUT2D eigenvalue weighted by Gasteiger charge is 2.48. The maximum atomic E-state index is 14.1. The smallest absolute Gasteiger partial charge is 0.281 e. The Kier molecular flexibility index (Phi) is 5.63. The molecule has 2 aromatic heterocycles. The van der Waals surface area contributed by atoms with E-state index in [-0.39, 0.29) is 67.0 Å². The van der Waals surface area contributed by atoms with E-state index in [4.69, 9.17) is 0 Å². The molecule has 9 rings (SSSR count). The van der Waals surface area contributed by atoms with Gasteiger partial charge in [0.15, 0.2) is 0 Å². The Balaban J connectivity index is 1.14. The minimum absolute atomic E-state index is 0.0411. The molecule has 0 radical (unpaired) electrons. The Morgan fingerprint density at radius 2 is 1.06 bits per heavy atom. The molecular formula is C36H27FN4O8. The third-order valence-electron chi connectivity index (χ3n) is 10.4. The first-order valence-electron chi connectivity index (χ1n) is 15.9. The zero-order valence-electron chi connectivity index (χ0n) is 26.1. The topological polar surface area (TPSA) is 166 Å². The Morgan fingerprint density at radius 3 is 1.53 bits per heavy atom. The Morgan fingerprint density at radius 1 is 0.612 bits per heavy atom. The van der Waals surface area contributed by atoms with E-state index in [0.717, 1.165) is 17.1 Å². The summed E-state index contributed by atoms with van der Waals surface area (Å²) in [4.78, 5) is 57.3. The van der Waals surface area contributed by atoms with E-state index >= 15 is 0 Å². The summed E-state index contributed by atoms with van der Waals surface area (Å²) in [6.07, 6.45) is 2.37. The standard InChI is InChI=1S/C36H27FN4O8/c1-14-10-15(2)12-18(11-14)39-29(42)19-6-8-21-24-22(9-7-20(23(19)24)30(39)43)32(45)40(31(21)44)41-35(48)27-25-26(28(27)36(41)49)34(47)38(33(25)46)17-5-3-4-16(37)13-17/h3-9,13-15,18,46-49H,10-12H2,1-2H3. The molecule has 5 aromatic rings. The summed E-state index contributed by atoms with van der Waals surface area (Å²) >= 11 is 0. The highest BCUT2D eigenvalue weighted by Crippen LogP contribution is 2.65. The lowest BCUT2D eigenvalue weighted by Crippen LogP contribution is -2.50. The number of halogens is 1. The lowest BCUT2D eigenvalue weighted by atomic mass is 9.78. The molecule has 2 aliphatic heterocycles. The number of carbonyl (C=O) groups is 4. The molecule has 4 N–H and O–H groups in total. The van der Waals surface area contributed by atoms with Crippen molar-refractivity contribution in [2.24, 2.45) is 11.8 Å². The van der Waals surface area contributed by atoms with Gasteiger partial charge in [-0.05, 0) is 73.6 Å². The Hall–Kier alpha value is -6.11. The van der Waals surface area contributed by atoms with Crippen molar-refractivity contribution < 1.29 is 44.0 Å². The first-order valence-corrected chi connectivity index (χ1v) is 15.9. The number of aromatic hydroxyl groups is 4. The molecule has 4 heterocycles. The second kappa shape index (κ2) is 9.49. The number of hydrogen-bond donors (Lipinski definition) is 4. The molecule has 1 fully saturated rings. The molecule has 12 nitrogen and oxygen atoms in total. The summed E-state index contributed by atoms with van der Waals surface area (Å²) in [7, 11) is 0. The van der Waals surface area contributed by atoms with E-state index < -0.39 is 53.0 Å². The van der Waals surface area contributed by atoms with Crippen LogP contribution in [0.5, 0.6) is 23.5 Å². The maximum absolute atomic E-state index is 14.1. The summed E-state index contributed by atoms with van der Waals surface area (Å²) in [5.41, 5.74) is -0.0642. The van der Waals surface area contributed by atoms with Crippen molar-refractivity contribution in [3.05, 3.63) is 76.6 Å². The van der Waals surface area contributed by atoms with Crippen molar-refractivity contribution in [1.82, 2.24) is 14.1 Å². The van der Waals surface area contributed by atoms with Crippen LogP contribution in [0.25, 0.3) is 38.7 Å². The van der Waals surface area contributed by atoms with Crippen molar-refractivity contribution in [1.29, 1.82) is 0 Å². The van der Waals surface area contributed by atoms with E-state index in [1.807, 2.05) is 0 Å². The van der Waals surface area contributed by atoms with Gasteiger partial charge in [0.1, 0.15) is 5.82 Å². The first-order chi connectivity index (χ1) is 23.4. The predicted octanol–water partition coefficient (Wildman–Crippen LogP) is 5.39. The zero-order valence-corrected chi connectivity index (χ0v) is 26.1. The average Bonchev–Trinajstić information content (AvgIpc) is 3.36. The Bertz CT molecular complexity index is 2290. The molecule has 0 spiro atoms. The normalized spacial score (nSPS) is 20.9. The van der Waals surface area contributed by atoms with E-state index in [2.05, 4.69) is 13.8 Å². The summed E-state index contributed by atoms with van der Waals surface area (Å²) in [6.45, 7) is 4.20. The number of aromatic nitrogens is 2. The number of amides is 4. The van der Waals surface area contributed by atoms with E-state index in [1.54, 1.807) is 0 Å². The van der Waals surface area contributed by atoms with Crippen molar-refractivity contribution in [3.8, 4) is 51.5 Å². The van der Waals surface area contributed by atoms with E-state index in [0.29, 0.717) is 34.4 Å². The first kappa shape index (κ1) is 29.1. The van der Waals surface area contributed by atoms with Gasteiger partial charge in [0.2, 0.25) is 23.5 Å². The molecule has 4 aliphatic rings. The average molecular weight is 663 g/mol. The molecule has 4 amide bonds. The summed E-state index contributed by atoms with van der Waals surface area (Å²) in [5.74, 6) is -5.56. The fourth-order valence-electron chi connectivity index (χ4n) is 8.53. The van der Waals surface area contributed by atoms with Gasteiger partial charge in [0.05, 0.1) is 39.1 Å². The second-order valence-corrected chi connectivity index (χ2v) is 13.5. The van der Waals surface area contributed by atoms with Crippen molar-refractivity contribution in [2.75, 3.05) is 5.01 Å². The molecule has 0 saturated heterocycles. The highest BCUT2D eigenvalue weighted by molar-refractivity contribution is 6.37. The fourth-order valence-corrected chi connectivity index (χ4v) is 8.53. The molecule has 2 aliphatic carbocycles. The van der Waals surface area contributed by atoms with Crippen molar-refractivity contribution in [3.63, 3.8) is 0 Å². The largest absolute Gasteiger partial charge is 0.494 e. The monoisotopic (exact) mass is 662 g/mol. The van der Waals surface area contributed by atoms with Crippen LogP contribution in [0.15, 0.2) is 48.5 Å². The van der Waals surface area contributed by atoms with Gasteiger partial charge in [-0.1, -0.05) is 19.9 Å². The SMILES string of the molecule is CC1CC(C)CC(N2C(=O)c3ccc4c5c(ccc(c35)C2=O)C(=O)N(n2c(O)c3c(c2O)-c2c-3c(O)n(-c3cccc(F)c3)c2O)C4=O)C1. The number of fused-ring (bicyclic) bond motifs is 4. The van der Waals surface area contributed by atoms with Crippen LogP contribution in [-0.2, 0) is 0 Å². The molecule has 13 heteroatoms. The number of hydrogen-bond acceptors (Lipinski definition) is 8. The zero-order chi connectivity index (χ0) is 34.4. The maximum Gasteiger partial charge on any atom is 0.281 e. The number of nitrogens with zero attached hydrogens (tertiary/aromatic N) is 4. The third-order valence-corrected chi connectivity index (χ3v) is 10.4. The van der Waals surface area contributed by atoms with Crippen LogP contribution >= 0.6 is 0 Å². The molecule has 3 aromatic carbocycles. The molecular weight excluding hydrogens is 635 g/mol. The van der Waals surface area contributed by atoms with E-state index in [1.165, 1.54) is 47.4 Å². The number of benzene rings is 3. The van der Waals surface area contributed by atoms with Gasteiger partial charge in [-0.25, -0.2) is 4.39 Å². The number of rotatable bonds is 3. The number of imide groups is 2. The molecule has 49 heavy (non-hydrogen) atoms. The minimum atomic E-state index is -0.956. The third kappa shape index (κ3) is 3.51. The van der Waals surface area contributed by atoms with Gasteiger partial charge in [-0.2, -0.15) is 9.69 Å². The number of carbonyl (C=O) groups excluding carboxylic acids is 4. The molecule has 2 atom stereocenters. The lowest BCUT2D eigenvalue weighted by Gasteiger charge is -2.40. The van der Waals surface area contributed by atoms with Crippen molar-refractivity contribution in [2.45, 2.75) is 39.2 Å². The van der Waals surface area contributed by atoms with Crippen LogP contribution in [0.4, 0.5) is 4.39 Å².